The van der Waals surface area contributed by atoms with Crippen LogP contribution in [0.5, 0.6) is 0 Å². The van der Waals surface area contributed by atoms with Crippen molar-refractivity contribution in [1.29, 1.82) is 0 Å². The maximum absolute atomic E-state index is 11.3. The minimum atomic E-state index is -3.38. The normalized spacial score (nSPS) is 28.8. The summed E-state index contributed by atoms with van der Waals surface area (Å²) in [6, 6.07) is 0. The van der Waals surface area contributed by atoms with Gasteiger partial charge in [0, 0.05) is 5.92 Å². The lowest BCUT2D eigenvalue weighted by molar-refractivity contribution is -0.123. The zero-order valence-corrected chi connectivity index (χ0v) is 8.73. The lowest BCUT2D eigenvalue weighted by Gasteiger charge is -2.08. The first kappa shape index (κ1) is 10.5. The summed E-state index contributed by atoms with van der Waals surface area (Å²) in [7, 11) is -3.38. The lowest BCUT2D eigenvalue weighted by atomic mass is 10.1. The van der Waals surface area contributed by atoms with Gasteiger partial charge in [-0.1, -0.05) is 6.92 Å². The van der Waals surface area contributed by atoms with Crippen molar-refractivity contribution in [3.05, 3.63) is 0 Å². The highest BCUT2D eigenvalue weighted by Crippen LogP contribution is 2.30. The molecule has 76 valence electrons. The van der Waals surface area contributed by atoms with Gasteiger partial charge < -0.3 is 0 Å². The molecule has 1 aliphatic rings. The van der Waals surface area contributed by atoms with E-state index in [1.54, 1.807) is 0 Å². The summed E-state index contributed by atoms with van der Waals surface area (Å²) in [4.78, 5) is 11.3. The van der Waals surface area contributed by atoms with Gasteiger partial charge in [0.15, 0.2) is 0 Å². The number of rotatable bonds is 2. The van der Waals surface area contributed by atoms with E-state index in [1.807, 2.05) is 4.72 Å². The van der Waals surface area contributed by atoms with E-state index in [4.69, 9.17) is 0 Å². The molecule has 0 aromatic carbocycles. The molecule has 5 heteroatoms. The van der Waals surface area contributed by atoms with Gasteiger partial charge in [0.25, 0.3) is 0 Å². The van der Waals surface area contributed by atoms with Gasteiger partial charge in [0.2, 0.25) is 15.9 Å². The van der Waals surface area contributed by atoms with Crippen molar-refractivity contribution in [3.63, 3.8) is 0 Å². The Morgan fingerprint density at radius 2 is 2.00 bits per heavy atom. The van der Waals surface area contributed by atoms with Crippen molar-refractivity contribution in [2.75, 3.05) is 6.26 Å². The molecule has 1 amide bonds. The van der Waals surface area contributed by atoms with Crippen molar-refractivity contribution in [2.24, 2.45) is 11.8 Å². The Morgan fingerprint density at radius 1 is 1.38 bits per heavy atom. The monoisotopic (exact) mass is 205 g/mol. The van der Waals surface area contributed by atoms with Crippen LogP contribution in [0.15, 0.2) is 0 Å². The van der Waals surface area contributed by atoms with Crippen LogP contribution >= 0.6 is 0 Å². The second kappa shape index (κ2) is 3.65. The van der Waals surface area contributed by atoms with E-state index >= 15 is 0 Å². The van der Waals surface area contributed by atoms with Crippen LogP contribution in [0.1, 0.15) is 26.2 Å². The fourth-order valence-corrected chi connectivity index (χ4v) is 2.24. The van der Waals surface area contributed by atoms with Gasteiger partial charge in [-0.3, -0.25) is 9.52 Å². The van der Waals surface area contributed by atoms with Gasteiger partial charge in [-0.05, 0) is 25.2 Å². The van der Waals surface area contributed by atoms with Crippen LogP contribution in [0.3, 0.4) is 0 Å². The molecule has 1 rings (SSSR count). The number of nitrogens with one attached hydrogen (secondary N) is 1. The number of amides is 1. The van der Waals surface area contributed by atoms with Crippen LogP contribution in [-0.4, -0.2) is 20.6 Å². The minimum Gasteiger partial charge on any atom is -0.274 e. The van der Waals surface area contributed by atoms with E-state index in [1.165, 1.54) is 0 Å². The van der Waals surface area contributed by atoms with Gasteiger partial charge in [-0.25, -0.2) is 8.42 Å². The van der Waals surface area contributed by atoms with Crippen LogP contribution in [0.25, 0.3) is 0 Å². The maximum Gasteiger partial charge on any atom is 0.236 e. The first-order valence-electron chi connectivity index (χ1n) is 4.40. The predicted octanol–water partition coefficient (Wildman–Crippen LogP) is 0.498. The quantitative estimate of drug-likeness (QED) is 0.714. The molecule has 2 unspecified atom stereocenters. The third kappa shape index (κ3) is 3.34. The molecule has 0 heterocycles. The number of carbonyl (C=O) groups is 1. The summed E-state index contributed by atoms with van der Waals surface area (Å²) in [5.74, 6) is 0.0897. The smallest absolute Gasteiger partial charge is 0.236 e. The topological polar surface area (TPSA) is 63.2 Å². The Morgan fingerprint density at radius 3 is 2.38 bits per heavy atom. The Balaban J connectivity index is 2.50. The highest BCUT2D eigenvalue weighted by atomic mass is 32.2. The maximum atomic E-state index is 11.3. The van der Waals surface area contributed by atoms with Crippen molar-refractivity contribution >= 4 is 15.9 Å². The second-order valence-electron chi connectivity index (χ2n) is 3.85. The van der Waals surface area contributed by atoms with E-state index in [0.29, 0.717) is 5.92 Å². The van der Waals surface area contributed by atoms with E-state index in [9.17, 15) is 13.2 Å². The summed E-state index contributed by atoms with van der Waals surface area (Å²) in [6.45, 7) is 2.08. The van der Waals surface area contributed by atoms with Gasteiger partial charge in [-0.2, -0.15) is 0 Å². The predicted molar refractivity (Wildman–Crippen MR) is 49.5 cm³/mol. The van der Waals surface area contributed by atoms with E-state index in [2.05, 4.69) is 6.92 Å². The Bertz CT molecular complexity index is 297. The summed E-state index contributed by atoms with van der Waals surface area (Å²) in [5, 5.41) is 0. The van der Waals surface area contributed by atoms with Crippen molar-refractivity contribution in [3.8, 4) is 0 Å². The second-order valence-corrected chi connectivity index (χ2v) is 5.60. The SMILES string of the molecule is CC1CCC(C(=O)NS(C)(=O)=O)C1. The molecule has 0 aliphatic heterocycles. The molecule has 13 heavy (non-hydrogen) atoms. The lowest BCUT2D eigenvalue weighted by Crippen LogP contribution is -2.33. The Hall–Kier alpha value is -0.580. The van der Waals surface area contributed by atoms with Crippen LogP contribution in [0, 0.1) is 11.8 Å². The summed E-state index contributed by atoms with van der Waals surface area (Å²) >= 11 is 0. The van der Waals surface area contributed by atoms with Crippen molar-refractivity contribution in [2.45, 2.75) is 26.2 Å². The average Bonchev–Trinajstić information content (AvgIpc) is 2.31. The summed E-state index contributed by atoms with van der Waals surface area (Å²) in [6.07, 6.45) is 3.63. The molecule has 0 aromatic rings. The van der Waals surface area contributed by atoms with Crippen LogP contribution in [0.2, 0.25) is 0 Å². The van der Waals surface area contributed by atoms with Crippen LogP contribution < -0.4 is 4.72 Å². The molecule has 0 bridgehead atoms. The third-order valence-corrected chi connectivity index (χ3v) is 2.92. The van der Waals surface area contributed by atoms with Crippen LogP contribution in [-0.2, 0) is 14.8 Å². The molecule has 0 spiro atoms. The zero-order chi connectivity index (χ0) is 10.1. The number of sulfonamides is 1. The standard InChI is InChI=1S/C8H15NO3S/c1-6-3-4-7(5-6)8(10)9-13(2,11)12/h6-7H,3-5H2,1-2H3,(H,9,10). The number of hydrogen-bond acceptors (Lipinski definition) is 3. The molecule has 1 saturated carbocycles. The minimum absolute atomic E-state index is 0.107. The van der Waals surface area contributed by atoms with Gasteiger partial charge >= 0.3 is 0 Å². The van der Waals surface area contributed by atoms with Crippen LogP contribution in [0.4, 0.5) is 0 Å². The van der Waals surface area contributed by atoms with Gasteiger partial charge in [0.1, 0.15) is 0 Å². The first-order valence-corrected chi connectivity index (χ1v) is 6.29. The largest absolute Gasteiger partial charge is 0.274 e. The highest BCUT2D eigenvalue weighted by Gasteiger charge is 2.28. The Labute approximate surface area is 78.8 Å². The molecule has 1 aliphatic carbocycles. The summed E-state index contributed by atoms with van der Waals surface area (Å²) in [5.41, 5.74) is 0. The highest BCUT2D eigenvalue weighted by molar-refractivity contribution is 7.89. The first-order chi connectivity index (χ1) is 5.88. The molecule has 1 fully saturated rings. The average molecular weight is 205 g/mol. The number of hydrogen-bond donors (Lipinski definition) is 1. The molecule has 4 nitrogen and oxygen atoms in total. The molecule has 0 aromatic heterocycles. The molecule has 1 N–H and O–H groups in total. The van der Waals surface area contributed by atoms with E-state index in [0.717, 1.165) is 25.5 Å². The van der Waals surface area contributed by atoms with E-state index < -0.39 is 10.0 Å². The number of carbonyl (C=O) groups excluding carboxylic acids is 1. The fourth-order valence-electron chi connectivity index (χ4n) is 1.71. The van der Waals surface area contributed by atoms with Crippen molar-refractivity contribution in [1.82, 2.24) is 4.72 Å². The Kier molecular flexibility index (Phi) is 2.95. The molecule has 2 atom stereocenters. The molecular weight excluding hydrogens is 190 g/mol. The third-order valence-electron chi connectivity index (χ3n) is 2.35. The van der Waals surface area contributed by atoms with E-state index in [-0.39, 0.29) is 11.8 Å². The summed E-state index contributed by atoms with van der Waals surface area (Å²) < 4.78 is 23.5. The van der Waals surface area contributed by atoms with Crippen molar-refractivity contribution < 1.29 is 13.2 Å². The van der Waals surface area contributed by atoms with Gasteiger partial charge in [0.05, 0.1) is 6.26 Å². The molecule has 0 saturated heterocycles. The fraction of sp³-hybridized carbons (Fsp3) is 0.875. The zero-order valence-electron chi connectivity index (χ0n) is 7.91. The molecular formula is C8H15NO3S. The molecule has 0 radical (unpaired) electrons. The van der Waals surface area contributed by atoms with Gasteiger partial charge in [-0.15, -0.1) is 0 Å².